The Morgan fingerprint density at radius 2 is 1.75 bits per heavy atom. The summed E-state index contributed by atoms with van der Waals surface area (Å²) in [7, 11) is -3.66. The lowest BCUT2D eigenvalue weighted by atomic mass is 9.97. The summed E-state index contributed by atoms with van der Waals surface area (Å²) >= 11 is 0. The molecule has 7 nitrogen and oxygen atoms in total. The van der Waals surface area contributed by atoms with Crippen LogP contribution < -0.4 is 9.62 Å². The van der Waals surface area contributed by atoms with Crippen molar-refractivity contribution in [3.8, 4) is 0 Å². The van der Waals surface area contributed by atoms with Crippen LogP contribution in [0.2, 0.25) is 0 Å². The predicted molar refractivity (Wildman–Crippen MR) is 122 cm³/mol. The number of hydrogen-bond acceptors (Lipinski definition) is 5. The Morgan fingerprint density at radius 1 is 1.09 bits per heavy atom. The lowest BCUT2D eigenvalue weighted by Gasteiger charge is -2.37. The van der Waals surface area contributed by atoms with Gasteiger partial charge in [-0.15, -0.1) is 0 Å². The molecule has 0 bridgehead atoms. The average Bonchev–Trinajstić information content (AvgIpc) is 3.07. The lowest BCUT2D eigenvalue weighted by Crippen LogP contribution is -2.52. The number of nitrogens with one attached hydrogen (secondary N) is 1. The molecule has 2 heterocycles. The third kappa shape index (κ3) is 4.34. The summed E-state index contributed by atoms with van der Waals surface area (Å²) in [5.41, 5.74) is 1.42. The van der Waals surface area contributed by atoms with E-state index in [1.165, 1.54) is 18.2 Å². The van der Waals surface area contributed by atoms with E-state index in [9.17, 15) is 17.6 Å². The zero-order valence-electron chi connectivity index (χ0n) is 18.2. The van der Waals surface area contributed by atoms with Crippen molar-refractivity contribution >= 4 is 27.5 Å². The molecule has 0 aliphatic carbocycles. The Morgan fingerprint density at radius 3 is 2.41 bits per heavy atom. The van der Waals surface area contributed by atoms with Crippen LogP contribution in [0.1, 0.15) is 25.8 Å². The number of sulfonamides is 1. The van der Waals surface area contributed by atoms with Gasteiger partial charge in [0.15, 0.2) is 0 Å². The summed E-state index contributed by atoms with van der Waals surface area (Å²) in [4.78, 5) is 22.1. The third-order valence-corrected chi connectivity index (χ3v) is 7.55. The van der Waals surface area contributed by atoms with E-state index in [1.54, 1.807) is 35.2 Å². The Labute approximate surface area is 188 Å². The molecule has 170 valence electrons. The minimum absolute atomic E-state index is 0.0533. The fraction of sp³-hybridized carbons (Fsp3) is 0.391. The highest BCUT2D eigenvalue weighted by Crippen LogP contribution is 2.25. The van der Waals surface area contributed by atoms with Gasteiger partial charge < -0.3 is 9.80 Å². The summed E-state index contributed by atoms with van der Waals surface area (Å²) in [6, 6.07) is 12.3. The van der Waals surface area contributed by atoms with Crippen LogP contribution in [0.4, 0.5) is 10.1 Å². The summed E-state index contributed by atoms with van der Waals surface area (Å²) in [6.45, 7) is 6.26. The Bertz CT molecular complexity index is 1130. The van der Waals surface area contributed by atoms with Crippen LogP contribution in [0.5, 0.6) is 0 Å². The van der Waals surface area contributed by atoms with Gasteiger partial charge in [0.05, 0.1) is 4.90 Å². The number of rotatable bonds is 5. The molecule has 2 aliphatic heterocycles. The monoisotopic (exact) mass is 458 g/mol. The highest BCUT2D eigenvalue weighted by Gasteiger charge is 2.35. The van der Waals surface area contributed by atoms with Gasteiger partial charge in [0, 0.05) is 37.4 Å². The van der Waals surface area contributed by atoms with Crippen molar-refractivity contribution in [2.45, 2.75) is 31.2 Å². The van der Waals surface area contributed by atoms with E-state index in [4.69, 9.17) is 0 Å². The second-order valence-electron chi connectivity index (χ2n) is 8.20. The molecule has 1 fully saturated rings. The number of carbonyl (C=O) groups excluding carboxylic acids is 1. The van der Waals surface area contributed by atoms with Crippen LogP contribution in [-0.2, 0) is 14.8 Å². The predicted octanol–water partition coefficient (Wildman–Crippen LogP) is 2.63. The lowest BCUT2D eigenvalue weighted by molar-refractivity contribution is -0.133. The summed E-state index contributed by atoms with van der Waals surface area (Å²) in [5, 5.41) is 0. The van der Waals surface area contributed by atoms with Crippen LogP contribution in [0.3, 0.4) is 0 Å². The maximum absolute atomic E-state index is 13.4. The Balaban J connectivity index is 1.53. The van der Waals surface area contributed by atoms with Gasteiger partial charge in [-0.2, -0.15) is 0 Å². The molecule has 2 aromatic carbocycles. The standard InChI is InChI=1S/C23H27FN4O3S/c1-3-16(2)21(25-22-19-6-4-5-7-20(19)32(30,31)26-22)23(29)28-14-12-27(13-15-28)18-10-8-17(24)9-11-18/h4-11,16,21H,3,12-15H2,1-2H3,(H,25,26)/t16-,21-/m0/s1. The maximum atomic E-state index is 13.4. The number of amidine groups is 1. The molecule has 1 N–H and O–H groups in total. The van der Waals surface area contributed by atoms with E-state index in [0.717, 1.165) is 12.1 Å². The van der Waals surface area contributed by atoms with Crippen molar-refractivity contribution in [3.05, 3.63) is 59.9 Å². The molecule has 0 unspecified atom stereocenters. The molecule has 9 heteroatoms. The highest BCUT2D eigenvalue weighted by atomic mass is 32.2. The smallest absolute Gasteiger partial charge is 0.263 e. The zero-order valence-corrected chi connectivity index (χ0v) is 19.0. The second kappa shape index (κ2) is 8.90. The maximum Gasteiger partial charge on any atom is 0.263 e. The minimum atomic E-state index is -3.66. The van der Waals surface area contributed by atoms with E-state index in [1.807, 2.05) is 13.8 Å². The molecule has 32 heavy (non-hydrogen) atoms. The fourth-order valence-corrected chi connectivity index (χ4v) is 5.28. The quantitative estimate of drug-likeness (QED) is 0.747. The second-order valence-corrected chi connectivity index (χ2v) is 9.85. The topological polar surface area (TPSA) is 82.1 Å². The molecular formula is C23H27FN4O3S. The van der Waals surface area contributed by atoms with Crippen molar-refractivity contribution in [1.82, 2.24) is 9.62 Å². The van der Waals surface area contributed by atoms with E-state index < -0.39 is 16.1 Å². The number of halogens is 1. The first kappa shape index (κ1) is 22.3. The first-order chi connectivity index (χ1) is 15.3. The number of nitrogens with zero attached hydrogens (tertiary/aromatic N) is 3. The molecule has 2 aliphatic rings. The van der Waals surface area contributed by atoms with Gasteiger partial charge in [0.25, 0.3) is 10.0 Å². The number of benzene rings is 2. The number of fused-ring (bicyclic) bond motifs is 1. The molecule has 1 saturated heterocycles. The van der Waals surface area contributed by atoms with Gasteiger partial charge in [0.2, 0.25) is 5.91 Å². The Kier molecular flexibility index (Phi) is 6.19. The van der Waals surface area contributed by atoms with Crippen molar-refractivity contribution < 1.29 is 17.6 Å². The number of piperazine rings is 1. The van der Waals surface area contributed by atoms with E-state index >= 15 is 0 Å². The highest BCUT2D eigenvalue weighted by molar-refractivity contribution is 7.90. The van der Waals surface area contributed by atoms with Crippen LogP contribution in [0.25, 0.3) is 0 Å². The largest absolute Gasteiger partial charge is 0.368 e. The van der Waals surface area contributed by atoms with E-state index in [2.05, 4.69) is 14.6 Å². The van der Waals surface area contributed by atoms with Crippen molar-refractivity contribution in [2.24, 2.45) is 10.9 Å². The van der Waals surface area contributed by atoms with E-state index in [-0.39, 0.29) is 28.4 Å². The van der Waals surface area contributed by atoms with Gasteiger partial charge >= 0.3 is 0 Å². The van der Waals surface area contributed by atoms with Crippen LogP contribution in [-0.4, -0.2) is 57.3 Å². The first-order valence-corrected chi connectivity index (χ1v) is 12.3. The van der Waals surface area contributed by atoms with Crippen LogP contribution in [0.15, 0.2) is 58.4 Å². The van der Waals surface area contributed by atoms with Gasteiger partial charge in [-0.25, -0.2) is 12.8 Å². The SMILES string of the molecule is CC[C@H](C)[C@H](N=C1NS(=O)(=O)c2ccccc21)C(=O)N1CCN(c2ccc(F)cc2)CC1. The van der Waals surface area contributed by atoms with Crippen LogP contribution in [0, 0.1) is 11.7 Å². The first-order valence-electron chi connectivity index (χ1n) is 10.8. The number of anilines is 1. The summed E-state index contributed by atoms with van der Waals surface area (Å²) in [6.07, 6.45) is 0.733. The Hall–Kier alpha value is -2.94. The normalized spacial score (nSPS) is 20.5. The molecule has 2 atom stereocenters. The van der Waals surface area contributed by atoms with Gasteiger partial charge in [-0.3, -0.25) is 14.5 Å². The number of aliphatic imine (C=N–C) groups is 1. The van der Waals surface area contributed by atoms with Gasteiger partial charge in [0.1, 0.15) is 17.7 Å². The molecule has 0 spiro atoms. The van der Waals surface area contributed by atoms with Crippen molar-refractivity contribution in [3.63, 3.8) is 0 Å². The number of amides is 1. The fourth-order valence-electron chi connectivity index (χ4n) is 4.04. The average molecular weight is 459 g/mol. The summed E-state index contributed by atoms with van der Waals surface area (Å²) < 4.78 is 40.6. The molecule has 2 aromatic rings. The molecule has 0 radical (unpaired) electrons. The zero-order chi connectivity index (χ0) is 22.9. The molecule has 0 aromatic heterocycles. The molecule has 1 amide bonds. The van der Waals surface area contributed by atoms with Crippen LogP contribution >= 0.6 is 0 Å². The van der Waals surface area contributed by atoms with Crippen molar-refractivity contribution in [1.29, 1.82) is 0 Å². The number of hydrogen-bond donors (Lipinski definition) is 1. The van der Waals surface area contributed by atoms with Gasteiger partial charge in [-0.05, 0) is 42.3 Å². The minimum Gasteiger partial charge on any atom is -0.368 e. The van der Waals surface area contributed by atoms with Gasteiger partial charge in [-0.1, -0.05) is 32.4 Å². The third-order valence-electron chi connectivity index (χ3n) is 6.15. The summed E-state index contributed by atoms with van der Waals surface area (Å²) in [5.74, 6) is -0.206. The molecule has 0 saturated carbocycles. The molecular weight excluding hydrogens is 431 g/mol. The molecule has 4 rings (SSSR count). The van der Waals surface area contributed by atoms with E-state index in [0.29, 0.717) is 31.7 Å². The van der Waals surface area contributed by atoms with Crippen molar-refractivity contribution in [2.75, 3.05) is 31.1 Å². The number of carbonyl (C=O) groups is 1.